The Labute approximate surface area is 142 Å². The highest BCUT2D eigenvalue weighted by atomic mass is 35.5. The molecule has 4 heteroatoms. The van der Waals surface area contributed by atoms with E-state index < -0.39 is 0 Å². The third kappa shape index (κ3) is 5.00. The summed E-state index contributed by atoms with van der Waals surface area (Å²) in [5.74, 6) is 0.510. The van der Waals surface area contributed by atoms with Crippen LogP contribution in [0.2, 0.25) is 5.02 Å². The van der Waals surface area contributed by atoms with E-state index in [1.165, 1.54) is 5.56 Å². The Balaban J connectivity index is 1.92. The molecule has 0 aliphatic rings. The van der Waals surface area contributed by atoms with Crippen molar-refractivity contribution in [1.82, 2.24) is 5.32 Å². The summed E-state index contributed by atoms with van der Waals surface area (Å²) in [6.07, 6.45) is 0.828. The van der Waals surface area contributed by atoms with E-state index in [2.05, 4.69) is 17.4 Å². The third-order valence-corrected chi connectivity index (χ3v) is 4.15. The minimum absolute atomic E-state index is 0.00125. The molecule has 23 heavy (non-hydrogen) atoms. The van der Waals surface area contributed by atoms with Gasteiger partial charge in [-0.1, -0.05) is 48.4 Å². The number of amides is 1. The molecule has 122 valence electrons. The van der Waals surface area contributed by atoms with Gasteiger partial charge in [0.25, 0.3) is 5.91 Å². The molecule has 1 unspecified atom stereocenters. The maximum Gasteiger partial charge on any atom is 0.258 e. The van der Waals surface area contributed by atoms with Crippen LogP contribution in [-0.2, 0) is 4.79 Å². The van der Waals surface area contributed by atoms with Crippen LogP contribution in [0.1, 0.15) is 36.1 Å². The summed E-state index contributed by atoms with van der Waals surface area (Å²) in [6, 6.07) is 13.6. The van der Waals surface area contributed by atoms with E-state index in [4.69, 9.17) is 16.3 Å². The Bertz CT molecular complexity index is 668. The lowest BCUT2D eigenvalue weighted by atomic mass is 10.0. The van der Waals surface area contributed by atoms with E-state index in [1.807, 2.05) is 39.0 Å². The lowest BCUT2D eigenvalue weighted by Crippen LogP contribution is -2.32. The van der Waals surface area contributed by atoms with Gasteiger partial charge in [0.15, 0.2) is 6.61 Å². The molecule has 0 aliphatic heterocycles. The molecule has 0 bridgehead atoms. The molecular weight excluding hydrogens is 310 g/mol. The van der Waals surface area contributed by atoms with Gasteiger partial charge in [0.1, 0.15) is 5.75 Å². The van der Waals surface area contributed by atoms with Gasteiger partial charge < -0.3 is 10.1 Å². The summed E-state index contributed by atoms with van der Waals surface area (Å²) < 4.78 is 5.53. The predicted molar refractivity (Wildman–Crippen MR) is 94.0 cm³/mol. The quantitative estimate of drug-likeness (QED) is 0.839. The van der Waals surface area contributed by atoms with Crippen molar-refractivity contribution in [2.24, 2.45) is 0 Å². The van der Waals surface area contributed by atoms with Crippen molar-refractivity contribution in [1.29, 1.82) is 0 Å². The smallest absolute Gasteiger partial charge is 0.258 e. The maximum absolute atomic E-state index is 12.1. The normalized spacial score (nSPS) is 11.8. The van der Waals surface area contributed by atoms with E-state index in [9.17, 15) is 4.79 Å². The second-order valence-corrected chi connectivity index (χ2v) is 6.05. The molecule has 0 aromatic heterocycles. The fourth-order valence-corrected chi connectivity index (χ4v) is 2.43. The number of benzene rings is 2. The molecule has 2 aromatic carbocycles. The van der Waals surface area contributed by atoms with E-state index in [0.29, 0.717) is 10.8 Å². The number of nitrogens with one attached hydrogen (secondary N) is 1. The average molecular weight is 332 g/mol. The van der Waals surface area contributed by atoms with Gasteiger partial charge >= 0.3 is 0 Å². The van der Waals surface area contributed by atoms with Crippen molar-refractivity contribution >= 4 is 17.5 Å². The zero-order chi connectivity index (χ0) is 16.8. The van der Waals surface area contributed by atoms with Gasteiger partial charge in [-0.2, -0.15) is 0 Å². The van der Waals surface area contributed by atoms with Crippen LogP contribution >= 0.6 is 11.6 Å². The Morgan fingerprint density at radius 1 is 1.17 bits per heavy atom. The monoisotopic (exact) mass is 331 g/mol. The zero-order valence-corrected chi connectivity index (χ0v) is 14.5. The van der Waals surface area contributed by atoms with Crippen molar-refractivity contribution in [3.05, 3.63) is 64.2 Å². The maximum atomic E-state index is 12.1. The molecule has 2 aromatic rings. The first-order chi connectivity index (χ1) is 11.0. The molecule has 0 spiro atoms. The number of carbonyl (C=O) groups excluding carboxylic acids is 1. The number of carbonyl (C=O) groups is 1. The van der Waals surface area contributed by atoms with Crippen LogP contribution < -0.4 is 10.1 Å². The first-order valence-corrected chi connectivity index (χ1v) is 8.12. The molecule has 2 rings (SSSR count). The lowest BCUT2D eigenvalue weighted by molar-refractivity contribution is -0.123. The fourth-order valence-electron chi connectivity index (χ4n) is 2.31. The van der Waals surface area contributed by atoms with Gasteiger partial charge in [-0.3, -0.25) is 4.79 Å². The van der Waals surface area contributed by atoms with E-state index >= 15 is 0 Å². The first-order valence-electron chi connectivity index (χ1n) is 7.74. The van der Waals surface area contributed by atoms with Crippen molar-refractivity contribution < 1.29 is 9.53 Å². The van der Waals surface area contributed by atoms with E-state index in [0.717, 1.165) is 17.5 Å². The summed E-state index contributed by atoms with van der Waals surface area (Å²) >= 11 is 5.98. The summed E-state index contributed by atoms with van der Waals surface area (Å²) in [5, 5.41) is 3.70. The van der Waals surface area contributed by atoms with Gasteiger partial charge in [0.2, 0.25) is 0 Å². The van der Waals surface area contributed by atoms with Crippen LogP contribution in [-0.4, -0.2) is 12.5 Å². The Hall–Kier alpha value is -2.00. The number of rotatable bonds is 6. The lowest BCUT2D eigenvalue weighted by Gasteiger charge is -2.18. The Kier molecular flexibility index (Phi) is 6.05. The van der Waals surface area contributed by atoms with Crippen LogP contribution in [0.4, 0.5) is 0 Å². The van der Waals surface area contributed by atoms with Crippen LogP contribution in [0.3, 0.4) is 0 Å². The van der Waals surface area contributed by atoms with Crippen LogP contribution in [0, 0.1) is 13.8 Å². The number of ether oxygens (including phenoxy) is 1. The molecule has 1 atom stereocenters. The number of hydrogen-bond acceptors (Lipinski definition) is 2. The molecule has 0 fully saturated rings. The summed E-state index contributed by atoms with van der Waals surface area (Å²) in [6.45, 7) is 5.99. The van der Waals surface area contributed by atoms with Crippen molar-refractivity contribution in [3.8, 4) is 5.75 Å². The highest BCUT2D eigenvalue weighted by Crippen LogP contribution is 2.21. The molecule has 3 nitrogen and oxygen atoms in total. The first kappa shape index (κ1) is 17.4. The van der Waals surface area contributed by atoms with Gasteiger partial charge in [-0.05, 0) is 49.6 Å². The minimum Gasteiger partial charge on any atom is -0.484 e. The van der Waals surface area contributed by atoms with Crippen molar-refractivity contribution in [2.75, 3.05) is 6.61 Å². The number of hydrogen-bond donors (Lipinski definition) is 1. The van der Waals surface area contributed by atoms with Crippen LogP contribution in [0.15, 0.2) is 42.5 Å². The standard InChI is InChI=1S/C19H22ClNO2/c1-4-18(15-7-5-13(2)6-8-15)21-19(22)12-23-16-9-10-17(20)14(3)11-16/h5-11,18H,4,12H2,1-3H3,(H,21,22). The minimum atomic E-state index is -0.134. The van der Waals surface area contributed by atoms with Crippen LogP contribution in [0.25, 0.3) is 0 Å². The van der Waals surface area contributed by atoms with Gasteiger partial charge in [-0.15, -0.1) is 0 Å². The molecule has 1 N–H and O–H groups in total. The number of aryl methyl sites for hydroxylation is 2. The molecule has 0 heterocycles. The third-order valence-electron chi connectivity index (χ3n) is 3.72. The van der Waals surface area contributed by atoms with Crippen molar-refractivity contribution in [3.63, 3.8) is 0 Å². The molecule has 0 saturated carbocycles. The fraction of sp³-hybridized carbons (Fsp3) is 0.316. The number of halogens is 1. The average Bonchev–Trinajstić information content (AvgIpc) is 2.54. The Morgan fingerprint density at radius 3 is 2.48 bits per heavy atom. The highest BCUT2D eigenvalue weighted by molar-refractivity contribution is 6.31. The summed E-state index contributed by atoms with van der Waals surface area (Å²) in [4.78, 5) is 12.1. The highest BCUT2D eigenvalue weighted by Gasteiger charge is 2.13. The summed E-state index contributed by atoms with van der Waals surface area (Å²) in [5.41, 5.74) is 3.24. The molecule has 0 aliphatic carbocycles. The molecule has 0 radical (unpaired) electrons. The van der Waals surface area contributed by atoms with Gasteiger partial charge in [0.05, 0.1) is 6.04 Å². The second-order valence-electron chi connectivity index (χ2n) is 5.64. The second kappa shape index (κ2) is 8.02. The van der Waals surface area contributed by atoms with Gasteiger partial charge in [0, 0.05) is 5.02 Å². The van der Waals surface area contributed by atoms with Gasteiger partial charge in [-0.25, -0.2) is 0 Å². The molecule has 1 amide bonds. The largest absolute Gasteiger partial charge is 0.484 e. The molecule has 0 saturated heterocycles. The predicted octanol–water partition coefficient (Wildman–Crippen LogP) is 4.60. The van der Waals surface area contributed by atoms with E-state index in [-0.39, 0.29) is 18.6 Å². The molecular formula is C19H22ClNO2. The van der Waals surface area contributed by atoms with Crippen LogP contribution in [0.5, 0.6) is 5.75 Å². The SMILES string of the molecule is CCC(NC(=O)COc1ccc(Cl)c(C)c1)c1ccc(C)cc1. The Morgan fingerprint density at radius 2 is 1.87 bits per heavy atom. The summed E-state index contributed by atoms with van der Waals surface area (Å²) in [7, 11) is 0. The zero-order valence-electron chi connectivity index (χ0n) is 13.7. The van der Waals surface area contributed by atoms with E-state index in [1.54, 1.807) is 12.1 Å². The van der Waals surface area contributed by atoms with Crippen molar-refractivity contribution in [2.45, 2.75) is 33.2 Å². The topological polar surface area (TPSA) is 38.3 Å².